The second-order valence-electron chi connectivity index (χ2n) is 4.73. The van der Waals surface area contributed by atoms with Gasteiger partial charge in [-0.15, -0.1) is 11.3 Å². The fourth-order valence-electron chi connectivity index (χ4n) is 1.61. The number of nitrogens with zero attached hydrogens (tertiary/aromatic N) is 2. The van der Waals surface area contributed by atoms with Crippen molar-refractivity contribution in [2.24, 2.45) is 0 Å². The van der Waals surface area contributed by atoms with E-state index in [0.29, 0.717) is 17.7 Å². The molecule has 0 aromatic carbocycles. The van der Waals surface area contributed by atoms with Crippen molar-refractivity contribution in [1.29, 1.82) is 0 Å². The fraction of sp³-hybridized carbons (Fsp3) is 0.333. The van der Waals surface area contributed by atoms with Gasteiger partial charge >= 0.3 is 0 Å². The average molecular weight is 303 g/mol. The summed E-state index contributed by atoms with van der Waals surface area (Å²) in [6, 6.07) is 2.00. The Balaban J connectivity index is 2.01. The van der Waals surface area contributed by atoms with Crippen LogP contribution < -0.4 is 5.32 Å². The van der Waals surface area contributed by atoms with Crippen LogP contribution in [-0.2, 0) is 0 Å². The first-order valence-corrected chi connectivity index (χ1v) is 7.52. The number of aromatic nitrogens is 2. The highest BCUT2D eigenvalue weighted by Gasteiger charge is 2.10. The maximum Gasteiger partial charge on any atom is 0.256 e. The van der Waals surface area contributed by atoms with Crippen molar-refractivity contribution in [3.8, 4) is 11.8 Å². The van der Waals surface area contributed by atoms with Gasteiger partial charge in [-0.1, -0.05) is 11.8 Å². The Bertz CT molecular complexity index is 676. The monoisotopic (exact) mass is 303 g/mol. The first-order valence-electron chi connectivity index (χ1n) is 6.64. The molecular weight excluding hydrogens is 286 g/mol. The summed E-state index contributed by atoms with van der Waals surface area (Å²) in [5.41, 5.74) is 1.25. The third-order valence-corrected chi connectivity index (χ3v) is 3.54. The Kier molecular flexibility index (Phi) is 5.14. The lowest BCUT2D eigenvalue weighted by molar-refractivity contribution is 0.102. The van der Waals surface area contributed by atoms with E-state index in [1.54, 1.807) is 28.5 Å². The van der Waals surface area contributed by atoms with Gasteiger partial charge < -0.3 is 10.4 Å². The summed E-state index contributed by atoms with van der Waals surface area (Å²) >= 11 is 1.41. The number of anilines is 1. The van der Waals surface area contributed by atoms with Crippen molar-refractivity contribution < 1.29 is 9.90 Å². The van der Waals surface area contributed by atoms with Gasteiger partial charge in [0.05, 0.1) is 28.9 Å². The van der Waals surface area contributed by atoms with E-state index >= 15 is 0 Å². The minimum Gasteiger partial charge on any atom is -0.395 e. The van der Waals surface area contributed by atoms with E-state index in [9.17, 15) is 4.79 Å². The summed E-state index contributed by atoms with van der Waals surface area (Å²) in [7, 11) is 0. The van der Waals surface area contributed by atoms with Crippen molar-refractivity contribution in [2.75, 3.05) is 11.9 Å². The molecule has 0 atom stereocenters. The summed E-state index contributed by atoms with van der Waals surface area (Å²) in [4.78, 5) is 12.9. The number of hydrogen-bond donors (Lipinski definition) is 2. The zero-order valence-corrected chi connectivity index (χ0v) is 12.8. The molecule has 0 saturated heterocycles. The Morgan fingerprint density at radius 2 is 2.38 bits per heavy atom. The molecule has 5 nitrogen and oxygen atoms in total. The van der Waals surface area contributed by atoms with E-state index in [2.05, 4.69) is 22.3 Å². The molecular formula is C15H17N3O2S. The molecule has 2 aromatic heterocycles. The molecule has 110 valence electrons. The molecule has 0 saturated carbocycles. The summed E-state index contributed by atoms with van der Waals surface area (Å²) in [6.45, 7) is 4.09. The summed E-state index contributed by atoms with van der Waals surface area (Å²) < 4.78 is 1.79. The topological polar surface area (TPSA) is 67.2 Å². The molecule has 0 spiro atoms. The first-order chi connectivity index (χ1) is 10.1. The minimum absolute atomic E-state index is 0.0472. The van der Waals surface area contributed by atoms with E-state index in [4.69, 9.17) is 5.11 Å². The molecule has 0 aliphatic rings. The van der Waals surface area contributed by atoms with Crippen LogP contribution in [0.4, 0.5) is 5.69 Å². The van der Waals surface area contributed by atoms with Crippen LogP contribution in [0.25, 0.3) is 0 Å². The lowest BCUT2D eigenvalue weighted by Crippen LogP contribution is -2.10. The number of aliphatic hydroxyl groups is 1. The zero-order valence-electron chi connectivity index (χ0n) is 12.0. The molecule has 1 amide bonds. The molecule has 0 aliphatic carbocycles. The average Bonchev–Trinajstić information content (AvgIpc) is 3.08. The van der Waals surface area contributed by atoms with Gasteiger partial charge in [0.1, 0.15) is 0 Å². The number of amides is 1. The van der Waals surface area contributed by atoms with Crippen molar-refractivity contribution in [2.45, 2.75) is 26.3 Å². The van der Waals surface area contributed by atoms with E-state index in [1.165, 1.54) is 11.3 Å². The minimum atomic E-state index is -0.176. The van der Waals surface area contributed by atoms with E-state index in [0.717, 1.165) is 4.88 Å². The molecule has 0 aliphatic heterocycles. The normalized spacial score (nSPS) is 10.3. The number of thiophene rings is 1. The molecule has 2 aromatic rings. The van der Waals surface area contributed by atoms with Crippen LogP contribution >= 0.6 is 11.3 Å². The number of nitrogens with one attached hydrogen (secondary N) is 1. The second-order valence-corrected chi connectivity index (χ2v) is 5.64. The highest BCUT2D eigenvalue weighted by atomic mass is 32.1. The molecule has 0 bridgehead atoms. The van der Waals surface area contributed by atoms with Crippen LogP contribution in [0.15, 0.2) is 23.8 Å². The third kappa shape index (κ3) is 4.18. The van der Waals surface area contributed by atoms with Crippen LogP contribution in [0, 0.1) is 11.8 Å². The molecule has 2 rings (SSSR count). The summed E-state index contributed by atoms with van der Waals surface area (Å²) in [6.07, 6.45) is 3.87. The Hall–Kier alpha value is -2.10. The quantitative estimate of drug-likeness (QED) is 0.853. The maximum absolute atomic E-state index is 12.1. The Morgan fingerprint density at radius 1 is 1.57 bits per heavy atom. The zero-order chi connectivity index (χ0) is 15.2. The second kappa shape index (κ2) is 7.07. The molecule has 2 heterocycles. The predicted molar refractivity (Wildman–Crippen MR) is 83.5 cm³/mol. The Morgan fingerprint density at radius 3 is 3.05 bits per heavy atom. The standard InChI is InChI=1S/C15H17N3O2S/c1-11(2)18-9-13(8-16-18)17-15(20)12-7-14(21-10-12)5-3-4-6-19/h7-11,19H,4,6H2,1-2H3,(H,17,20). The van der Waals surface area contributed by atoms with Crippen LogP contribution in [0.3, 0.4) is 0 Å². The van der Waals surface area contributed by atoms with Gasteiger partial charge in [0.25, 0.3) is 5.91 Å². The lowest BCUT2D eigenvalue weighted by atomic mass is 10.3. The number of rotatable bonds is 4. The largest absolute Gasteiger partial charge is 0.395 e. The molecule has 0 fully saturated rings. The third-order valence-electron chi connectivity index (χ3n) is 2.70. The van der Waals surface area contributed by atoms with Gasteiger partial charge in [-0.05, 0) is 19.9 Å². The SMILES string of the molecule is CC(C)n1cc(NC(=O)c2csc(C#CCCO)c2)cn1. The maximum atomic E-state index is 12.1. The molecule has 6 heteroatoms. The molecule has 2 N–H and O–H groups in total. The van der Waals surface area contributed by atoms with Gasteiger partial charge in [-0.2, -0.15) is 5.10 Å². The number of hydrogen-bond acceptors (Lipinski definition) is 4. The van der Waals surface area contributed by atoms with Gasteiger partial charge in [-0.25, -0.2) is 0 Å². The Labute approximate surface area is 127 Å². The molecule has 0 radical (unpaired) electrons. The molecule has 0 unspecified atom stereocenters. The predicted octanol–water partition coefficient (Wildman–Crippen LogP) is 2.51. The number of carbonyl (C=O) groups is 1. The van der Waals surface area contributed by atoms with E-state index < -0.39 is 0 Å². The van der Waals surface area contributed by atoms with Gasteiger partial charge in [-0.3, -0.25) is 9.48 Å². The summed E-state index contributed by atoms with van der Waals surface area (Å²) in [5, 5.41) is 17.4. The van der Waals surface area contributed by atoms with Crippen molar-refractivity contribution in [3.63, 3.8) is 0 Å². The fourth-order valence-corrected chi connectivity index (χ4v) is 2.37. The lowest BCUT2D eigenvalue weighted by Gasteiger charge is -2.03. The highest BCUT2D eigenvalue weighted by Crippen LogP contribution is 2.16. The van der Waals surface area contributed by atoms with Gasteiger partial charge in [0.15, 0.2) is 0 Å². The number of aliphatic hydroxyl groups excluding tert-OH is 1. The van der Waals surface area contributed by atoms with Crippen LogP contribution in [0.5, 0.6) is 0 Å². The van der Waals surface area contributed by atoms with Crippen molar-refractivity contribution >= 4 is 22.9 Å². The van der Waals surface area contributed by atoms with Crippen molar-refractivity contribution in [3.05, 3.63) is 34.3 Å². The molecule has 21 heavy (non-hydrogen) atoms. The van der Waals surface area contributed by atoms with E-state index in [-0.39, 0.29) is 18.6 Å². The van der Waals surface area contributed by atoms with E-state index in [1.807, 2.05) is 13.8 Å². The number of carbonyl (C=O) groups excluding carboxylic acids is 1. The van der Waals surface area contributed by atoms with Crippen LogP contribution in [0.1, 0.15) is 41.5 Å². The van der Waals surface area contributed by atoms with Gasteiger partial charge in [0.2, 0.25) is 0 Å². The van der Waals surface area contributed by atoms with Gasteiger partial charge in [0, 0.05) is 24.0 Å². The highest BCUT2D eigenvalue weighted by molar-refractivity contribution is 7.10. The summed E-state index contributed by atoms with van der Waals surface area (Å²) in [5.74, 6) is 5.57. The smallest absolute Gasteiger partial charge is 0.256 e. The first kappa shape index (κ1) is 15.3. The van der Waals surface area contributed by atoms with Crippen LogP contribution in [0.2, 0.25) is 0 Å². The van der Waals surface area contributed by atoms with Crippen molar-refractivity contribution in [1.82, 2.24) is 9.78 Å². The van der Waals surface area contributed by atoms with Crippen LogP contribution in [-0.4, -0.2) is 27.4 Å².